The van der Waals surface area contributed by atoms with Gasteiger partial charge in [0.1, 0.15) is 11.9 Å². The fourth-order valence-electron chi connectivity index (χ4n) is 4.13. The molecule has 1 aromatic rings. The summed E-state index contributed by atoms with van der Waals surface area (Å²) in [6, 6.07) is 8.36. The third kappa shape index (κ3) is 1.49. The Morgan fingerprint density at radius 3 is 2.85 bits per heavy atom. The highest BCUT2D eigenvalue weighted by Gasteiger charge is 2.58. The van der Waals surface area contributed by atoms with E-state index in [9.17, 15) is 0 Å². The molecule has 0 saturated carbocycles. The SMILES string of the molecule is CC(C)C1=CC2Oc3ccccc3C3OCC(C1)C23C. The summed E-state index contributed by atoms with van der Waals surface area (Å²) in [7, 11) is 0. The van der Waals surface area contributed by atoms with Crippen LogP contribution in [0.5, 0.6) is 5.75 Å². The van der Waals surface area contributed by atoms with E-state index < -0.39 is 0 Å². The number of para-hydroxylation sites is 1. The molecule has 0 aromatic heterocycles. The van der Waals surface area contributed by atoms with Crippen molar-refractivity contribution in [2.45, 2.75) is 39.4 Å². The van der Waals surface area contributed by atoms with Crippen molar-refractivity contribution in [3.05, 3.63) is 41.5 Å². The van der Waals surface area contributed by atoms with Crippen molar-refractivity contribution >= 4 is 0 Å². The monoisotopic (exact) mass is 270 g/mol. The van der Waals surface area contributed by atoms with Gasteiger partial charge in [0.15, 0.2) is 0 Å². The Morgan fingerprint density at radius 1 is 1.25 bits per heavy atom. The smallest absolute Gasteiger partial charge is 0.126 e. The highest BCUT2D eigenvalue weighted by atomic mass is 16.5. The zero-order chi connectivity index (χ0) is 13.9. The van der Waals surface area contributed by atoms with E-state index in [4.69, 9.17) is 9.47 Å². The molecule has 0 N–H and O–H groups in total. The summed E-state index contributed by atoms with van der Waals surface area (Å²) in [4.78, 5) is 0. The molecule has 4 rings (SSSR count). The average Bonchev–Trinajstić information content (AvgIpc) is 2.77. The number of fused-ring (bicyclic) bond motifs is 2. The number of hydrogen-bond donors (Lipinski definition) is 0. The van der Waals surface area contributed by atoms with Gasteiger partial charge in [-0.05, 0) is 30.4 Å². The summed E-state index contributed by atoms with van der Waals surface area (Å²) >= 11 is 0. The van der Waals surface area contributed by atoms with Crippen LogP contribution in [0.1, 0.15) is 38.9 Å². The summed E-state index contributed by atoms with van der Waals surface area (Å²) in [5.41, 5.74) is 2.85. The summed E-state index contributed by atoms with van der Waals surface area (Å²) < 4.78 is 12.6. The van der Waals surface area contributed by atoms with Crippen molar-refractivity contribution in [2.24, 2.45) is 17.3 Å². The van der Waals surface area contributed by atoms with E-state index in [2.05, 4.69) is 45.0 Å². The van der Waals surface area contributed by atoms with Crippen LogP contribution >= 0.6 is 0 Å². The molecule has 0 radical (unpaired) electrons. The van der Waals surface area contributed by atoms with E-state index >= 15 is 0 Å². The van der Waals surface area contributed by atoms with E-state index in [0.717, 1.165) is 18.8 Å². The van der Waals surface area contributed by atoms with Gasteiger partial charge in [-0.25, -0.2) is 0 Å². The second-order valence-electron chi connectivity index (χ2n) is 6.95. The molecule has 1 aliphatic carbocycles. The number of ether oxygens (including phenoxy) is 2. The first-order valence-electron chi connectivity index (χ1n) is 7.68. The van der Waals surface area contributed by atoms with Gasteiger partial charge < -0.3 is 9.47 Å². The molecule has 1 saturated heterocycles. The van der Waals surface area contributed by atoms with Crippen LogP contribution in [0.25, 0.3) is 0 Å². The number of hydrogen-bond acceptors (Lipinski definition) is 2. The highest BCUT2D eigenvalue weighted by Crippen LogP contribution is 2.60. The third-order valence-electron chi connectivity index (χ3n) is 5.57. The van der Waals surface area contributed by atoms with Gasteiger partial charge in [0, 0.05) is 11.0 Å². The van der Waals surface area contributed by atoms with Gasteiger partial charge in [0.05, 0.1) is 12.7 Å². The van der Waals surface area contributed by atoms with Crippen molar-refractivity contribution in [3.8, 4) is 5.75 Å². The van der Waals surface area contributed by atoms with Crippen LogP contribution < -0.4 is 4.74 Å². The minimum Gasteiger partial charge on any atom is -0.485 e. The minimum absolute atomic E-state index is 0.0900. The maximum atomic E-state index is 6.34. The lowest BCUT2D eigenvalue weighted by molar-refractivity contribution is -0.0329. The van der Waals surface area contributed by atoms with Crippen molar-refractivity contribution in [1.82, 2.24) is 0 Å². The molecule has 106 valence electrons. The maximum Gasteiger partial charge on any atom is 0.126 e. The second kappa shape index (κ2) is 4.11. The molecule has 2 aliphatic heterocycles. The molecule has 1 fully saturated rings. The fraction of sp³-hybridized carbons (Fsp3) is 0.556. The topological polar surface area (TPSA) is 18.5 Å². The standard InChI is InChI=1S/C18H22O2/c1-11(2)12-8-13-10-19-17-14-6-4-5-7-15(14)20-16(9-12)18(13,17)3/h4-7,9,11,13,16-17H,8,10H2,1-3H3. The lowest BCUT2D eigenvalue weighted by Gasteiger charge is -2.47. The molecule has 2 nitrogen and oxygen atoms in total. The van der Waals surface area contributed by atoms with Crippen molar-refractivity contribution in [3.63, 3.8) is 0 Å². The molecule has 1 aromatic carbocycles. The van der Waals surface area contributed by atoms with Crippen LogP contribution in [0.3, 0.4) is 0 Å². The lowest BCUT2D eigenvalue weighted by Crippen LogP contribution is -2.48. The minimum atomic E-state index is 0.0900. The molecular formula is C18H22O2. The Bertz CT molecular complexity index is 575. The van der Waals surface area contributed by atoms with Gasteiger partial charge in [0.25, 0.3) is 0 Å². The van der Waals surface area contributed by atoms with Crippen LogP contribution in [0.2, 0.25) is 0 Å². The van der Waals surface area contributed by atoms with E-state index in [1.165, 1.54) is 11.1 Å². The van der Waals surface area contributed by atoms with Gasteiger partial charge >= 0.3 is 0 Å². The van der Waals surface area contributed by atoms with Crippen LogP contribution in [0, 0.1) is 17.3 Å². The predicted molar refractivity (Wildman–Crippen MR) is 78.7 cm³/mol. The maximum absolute atomic E-state index is 6.34. The van der Waals surface area contributed by atoms with Crippen molar-refractivity contribution in [2.75, 3.05) is 6.61 Å². The Hall–Kier alpha value is -1.28. The number of benzene rings is 1. The number of rotatable bonds is 1. The molecule has 3 aliphatic rings. The van der Waals surface area contributed by atoms with Crippen LogP contribution in [-0.2, 0) is 4.74 Å². The molecule has 4 unspecified atom stereocenters. The molecular weight excluding hydrogens is 248 g/mol. The van der Waals surface area contributed by atoms with E-state index in [0.29, 0.717) is 11.8 Å². The zero-order valence-corrected chi connectivity index (χ0v) is 12.4. The normalized spacial score (nSPS) is 38.0. The summed E-state index contributed by atoms with van der Waals surface area (Å²) in [5.74, 6) is 2.18. The van der Waals surface area contributed by atoms with E-state index in [-0.39, 0.29) is 17.6 Å². The quantitative estimate of drug-likeness (QED) is 0.714. The third-order valence-corrected chi connectivity index (χ3v) is 5.57. The van der Waals surface area contributed by atoms with Crippen LogP contribution in [-0.4, -0.2) is 12.7 Å². The van der Waals surface area contributed by atoms with E-state index in [1.807, 2.05) is 6.07 Å². The fourth-order valence-corrected chi connectivity index (χ4v) is 4.13. The van der Waals surface area contributed by atoms with Crippen molar-refractivity contribution in [1.29, 1.82) is 0 Å². The first kappa shape index (κ1) is 12.5. The summed E-state index contributed by atoms with van der Waals surface area (Å²) in [6.45, 7) is 7.76. The highest BCUT2D eigenvalue weighted by molar-refractivity contribution is 5.42. The first-order chi connectivity index (χ1) is 9.60. The molecule has 2 heterocycles. The molecule has 0 amide bonds. The molecule has 0 spiro atoms. The Balaban J connectivity index is 1.85. The number of allylic oxidation sites excluding steroid dienone is 1. The van der Waals surface area contributed by atoms with Crippen LogP contribution in [0.15, 0.2) is 35.9 Å². The molecule has 20 heavy (non-hydrogen) atoms. The summed E-state index contributed by atoms with van der Waals surface area (Å²) in [6.07, 6.45) is 3.87. The summed E-state index contributed by atoms with van der Waals surface area (Å²) in [5, 5.41) is 0. The second-order valence-corrected chi connectivity index (χ2v) is 6.95. The van der Waals surface area contributed by atoms with E-state index in [1.54, 1.807) is 0 Å². The Kier molecular flexibility index (Phi) is 2.56. The Morgan fingerprint density at radius 2 is 2.05 bits per heavy atom. The Labute approximate surface area is 120 Å². The average molecular weight is 270 g/mol. The first-order valence-corrected chi connectivity index (χ1v) is 7.68. The molecule has 4 atom stereocenters. The van der Waals surface area contributed by atoms with Gasteiger partial charge in [-0.15, -0.1) is 0 Å². The van der Waals surface area contributed by atoms with Crippen LogP contribution in [0.4, 0.5) is 0 Å². The largest absolute Gasteiger partial charge is 0.485 e. The molecule has 0 bridgehead atoms. The predicted octanol–water partition coefficient (Wildman–Crippen LogP) is 4.13. The molecule has 2 heteroatoms. The van der Waals surface area contributed by atoms with Crippen molar-refractivity contribution < 1.29 is 9.47 Å². The van der Waals surface area contributed by atoms with Gasteiger partial charge in [-0.1, -0.05) is 44.5 Å². The van der Waals surface area contributed by atoms with Gasteiger partial charge in [-0.2, -0.15) is 0 Å². The van der Waals surface area contributed by atoms with Gasteiger partial charge in [0.2, 0.25) is 0 Å². The lowest BCUT2D eigenvalue weighted by atomic mass is 9.62. The zero-order valence-electron chi connectivity index (χ0n) is 12.4. The van der Waals surface area contributed by atoms with Gasteiger partial charge in [-0.3, -0.25) is 0 Å².